The number of ether oxygens (including phenoxy) is 1. The van der Waals surface area contributed by atoms with Crippen molar-refractivity contribution in [2.24, 2.45) is 0 Å². The van der Waals surface area contributed by atoms with Crippen LogP contribution in [0.15, 0.2) is 52.3 Å². The van der Waals surface area contributed by atoms with Crippen molar-refractivity contribution in [3.05, 3.63) is 64.1 Å². The largest absolute Gasteiger partial charge is 0.379 e. The number of hydrogen-bond acceptors (Lipinski definition) is 5. The summed E-state index contributed by atoms with van der Waals surface area (Å²) in [7, 11) is 0. The van der Waals surface area contributed by atoms with E-state index in [1.807, 2.05) is 43.3 Å². The highest BCUT2D eigenvalue weighted by molar-refractivity contribution is 8.04. The Morgan fingerprint density at radius 1 is 1.23 bits per heavy atom. The third-order valence-corrected chi connectivity index (χ3v) is 6.19. The molecule has 2 aromatic carbocycles. The molecule has 0 aromatic heterocycles. The highest BCUT2D eigenvalue weighted by Gasteiger charge is 2.22. The van der Waals surface area contributed by atoms with Crippen molar-refractivity contribution >= 4 is 35.3 Å². The standard InChI is InChI=1S/C23H25N3O3S/c1-16-3-2-4-17(13-16)14-21-23(28)25-19-15-18(5-6-20(19)30-21)22(27)24-7-8-26-9-11-29-12-10-26/h2-6,13-15H,7-12H2,1H3,(H,24,27)(H,25,28)/b21-14+. The minimum atomic E-state index is -0.154. The summed E-state index contributed by atoms with van der Waals surface area (Å²) in [5, 5.41) is 5.88. The number of thioether (sulfide) groups is 1. The van der Waals surface area contributed by atoms with E-state index < -0.39 is 0 Å². The van der Waals surface area contributed by atoms with Gasteiger partial charge in [-0.2, -0.15) is 0 Å². The van der Waals surface area contributed by atoms with Crippen molar-refractivity contribution in [1.29, 1.82) is 0 Å². The molecule has 0 unspecified atom stereocenters. The molecule has 2 aliphatic rings. The lowest BCUT2D eigenvalue weighted by molar-refractivity contribution is -0.112. The van der Waals surface area contributed by atoms with Crippen LogP contribution in [-0.4, -0.2) is 56.1 Å². The lowest BCUT2D eigenvalue weighted by Gasteiger charge is -2.26. The number of nitrogens with one attached hydrogen (secondary N) is 2. The number of amides is 2. The van der Waals surface area contributed by atoms with E-state index in [0.29, 0.717) is 22.7 Å². The Morgan fingerprint density at radius 3 is 2.87 bits per heavy atom. The Balaban J connectivity index is 1.40. The van der Waals surface area contributed by atoms with Crippen LogP contribution in [0.3, 0.4) is 0 Å². The first-order chi connectivity index (χ1) is 14.6. The van der Waals surface area contributed by atoms with Gasteiger partial charge >= 0.3 is 0 Å². The maximum atomic E-state index is 12.6. The molecule has 7 heteroatoms. The predicted octanol–water partition coefficient (Wildman–Crippen LogP) is 3.14. The third-order valence-electron chi connectivity index (χ3n) is 5.09. The van der Waals surface area contributed by atoms with Crippen molar-refractivity contribution in [2.45, 2.75) is 11.8 Å². The fourth-order valence-corrected chi connectivity index (χ4v) is 4.40. The molecule has 2 aliphatic heterocycles. The zero-order valence-corrected chi connectivity index (χ0v) is 17.8. The van der Waals surface area contributed by atoms with Gasteiger partial charge in [-0.25, -0.2) is 0 Å². The number of morpholine rings is 1. The Bertz CT molecular complexity index is 983. The molecular weight excluding hydrogens is 398 g/mol. The van der Waals surface area contributed by atoms with Gasteiger partial charge in [0, 0.05) is 36.6 Å². The van der Waals surface area contributed by atoms with Gasteiger partial charge in [-0.1, -0.05) is 41.6 Å². The SMILES string of the molecule is Cc1cccc(/C=C2/Sc3ccc(C(=O)NCCN4CCOCC4)cc3NC2=O)c1. The molecule has 0 aliphatic carbocycles. The number of carbonyl (C=O) groups excluding carboxylic acids is 2. The highest BCUT2D eigenvalue weighted by Crippen LogP contribution is 2.39. The molecule has 2 amide bonds. The van der Waals surface area contributed by atoms with Gasteiger partial charge < -0.3 is 15.4 Å². The van der Waals surface area contributed by atoms with Crippen LogP contribution in [0.25, 0.3) is 6.08 Å². The molecule has 0 spiro atoms. The number of aryl methyl sites for hydroxylation is 1. The molecule has 2 aromatic rings. The van der Waals surface area contributed by atoms with Crippen molar-refractivity contribution in [1.82, 2.24) is 10.2 Å². The molecule has 30 heavy (non-hydrogen) atoms. The van der Waals surface area contributed by atoms with Gasteiger partial charge in [0.15, 0.2) is 0 Å². The molecular formula is C23H25N3O3S. The van der Waals surface area contributed by atoms with Crippen LogP contribution < -0.4 is 10.6 Å². The number of nitrogens with zero attached hydrogens (tertiary/aromatic N) is 1. The van der Waals surface area contributed by atoms with Crippen LogP contribution in [-0.2, 0) is 9.53 Å². The molecule has 0 bridgehead atoms. The Kier molecular flexibility index (Phi) is 6.52. The first-order valence-electron chi connectivity index (χ1n) is 10.1. The van der Waals surface area contributed by atoms with Crippen LogP contribution in [0.1, 0.15) is 21.5 Å². The summed E-state index contributed by atoms with van der Waals surface area (Å²) in [5.41, 5.74) is 3.36. The summed E-state index contributed by atoms with van der Waals surface area (Å²) in [4.78, 5) is 28.9. The zero-order valence-electron chi connectivity index (χ0n) is 16.9. The lowest BCUT2D eigenvalue weighted by Crippen LogP contribution is -2.41. The van der Waals surface area contributed by atoms with E-state index in [2.05, 4.69) is 15.5 Å². The molecule has 6 nitrogen and oxygen atoms in total. The molecule has 1 fully saturated rings. The van der Waals surface area contributed by atoms with E-state index >= 15 is 0 Å². The molecule has 0 atom stereocenters. The molecule has 0 saturated carbocycles. The first-order valence-corrected chi connectivity index (χ1v) is 10.9. The summed E-state index contributed by atoms with van der Waals surface area (Å²) in [6.45, 7) is 6.71. The van der Waals surface area contributed by atoms with Gasteiger partial charge in [0.2, 0.25) is 0 Å². The molecule has 1 saturated heterocycles. The molecule has 156 valence electrons. The van der Waals surface area contributed by atoms with E-state index in [1.165, 1.54) is 11.8 Å². The van der Waals surface area contributed by atoms with Crippen LogP contribution >= 0.6 is 11.8 Å². The number of rotatable bonds is 5. The Hall–Kier alpha value is -2.61. The highest BCUT2D eigenvalue weighted by atomic mass is 32.2. The van der Waals surface area contributed by atoms with Gasteiger partial charge in [0.05, 0.1) is 23.8 Å². The fraction of sp³-hybridized carbons (Fsp3) is 0.304. The predicted molar refractivity (Wildman–Crippen MR) is 120 cm³/mol. The van der Waals surface area contributed by atoms with Crippen LogP contribution in [0, 0.1) is 6.92 Å². The first kappa shape index (κ1) is 20.7. The minimum absolute atomic E-state index is 0.133. The van der Waals surface area contributed by atoms with Crippen molar-refractivity contribution in [2.75, 3.05) is 44.7 Å². The Morgan fingerprint density at radius 2 is 2.07 bits per heavy atom. The number of fused-ring (bicyclic) bond motifs is 1. The fourth-order valence-electron chi connectivity index (χ4n) is 3.47. The van der Waals surface area contributed by atoms with Gasteiger partial charge in [-0.3, -0.25) is 14.5 Å². The van der Waals surface area contributed by atoms with Gasteiger partial charge in [0.25, 0.3) is 11.8 Å². The summed E-state index contributed by atoms with van der Waals surface area (Å²) in [5.74, 6) is -0.287. The maximum absolute atomic E-state index is 12.6. The van der Waals surface area contributed by atoms with Crippen molar-refractivity contribution in [3.8, 4) is 0 Å². The van der Waals surface area contributed by atoms with Crippen molar-refractivity contribution in [3.63, 3.8) is 0 Å². The van der Waals surface area contributed by atoms with Crippen molar-refractivity contribution < 1.29 is 14.3 Å². The number of hydrogen-bond donors (Lipinski definition) is 2. The molecule has 4 rings (SSSR count). The quantitative estimate of drug-likeness (QED) is 0.723. The molecule has 2 heterocycles. The van der Waals surface area contributed by atoms with E-state index in [9.17, 15) is 9.59 Å². The van der Waals surface area contributed by atoms with Gasteiger partial charge in [-0.05, 0) is 36.8 Å². The Labute approximate surface area is 180 Å². The smallest absolute Gasteiger partial charge is 0.262 e. The van der Waals surface area contributed by atoms with E-state index in [1.54, 1.807) is 12.1 Å². The average Bonchev–Trinajstić information content (AvgIpc) is 2.75. The summed E-state index contributed by atoms with van der Waals surface area (Å²) in [6.07, 6.45) is 1.89. The van der Waals surface area contributed by atoms with E-state index in [-0.39, 0.29) is 11.8 Å². The third kappa shape index (κ3) is 5.11. The average molecular weight is 424 g/mol. The topological polar surface area (TPSA) is 70.7 Å². The van der Waals surface area contributed by atoms with E-state index in [0.717, 1.165) is 48.9 Å². The monoisotopic (exact) mass is 423 g/mol. The minimum Gasteiger partial charge on any atom is -0.379 e. The lowest BCUT2D eigenvalue weighted by atomic mass is 10.1. The second-order valence-corrected chi connectivity index (χ2v) is 8.48. The maximum Gasteiger partial charge on any atom is 0.262 e. The van der Waals surface area contributed by atoms with Crippen LogP contribution in [0.4, 0.5) is 5.69 Å². The summed E-state index contributed by atoms with van der Waals surface area (Å²) >= 11 is 1.42. The van der Waals surface area contributed by atoms with Crippen LogP contribution in [0.2, 0.25) is 0 Å². The zero-order chi connectivity index (χ0) is 20.9. The molecule has 2 N–H and O–H groups in total. The normalized spacial score (nSPS) is 18.0. The summed E-state index contributed by atoms with van der Waals surface area (Å²) < 4.78 is 5.33. The van der Waals surface area contributed by atoms with Crippen LogP contribution in [0.5, 0.6) is 0 Å². The summed E-state index contributed by atoms with van der Waals surface area (Å²) in [6, 6.07) is 13.5. The second-order valence-electron chi connectivity index (χ2n) is 7.40. The number of carbonyl (C=O) groups is 2. The van der Waals surface area contributed by atoms with Gasteiger partial charge in [0.1, 0.15) is 0 Å². The van der Waals surface area contributed by atoms with Gasteiger partial charge in [-0.15, -0.1) is 0 Å². The van der Waals surface area contributed by atoms with E-state index in [4.69, 9.17) is 4.74 Å². The second kappa shape index (κ2) is 9.47. The number of anilines is 1. The number of benzene rings is 2. The molecule has 0 radical (unpaired) electrons.